The molecular weight excluding hydrogens is 380 g/mol. The zero-order valence-corrected chi connectivity index (χ0v) is 16.8. The fourth-order valence-corrected chi connectivity index (χ4v) is 3.26. The first kappa shape index (κ1) is 20.1. The summed E-state index contributed by atoms with van der Waals surface area (Å²) < 4.78 is 5.43. The highest BCUT2D eigenvalue weighted by molar-refractivity contribution is 5.67. The summed E-state index contributed by atoms with van der Waals surface area (Å²) in [5.74, 6) is 1.20. The smallest absolute Gasteiger partial charge is 0.225 e. The summed E-state index contributed by atoms with van der Waals surface area (Å²) >= 11 is 0. The van der Waals surface area contributed by atoms with Crippen LogP contribution in [0.4, 0.5) is 23.1 Å². The highest BCUT2D eigenvalue weighted by Crippen LogP contribution is 2.25. The molecule has 0 aliphatic carbocycles. The Bertz CT molecular complexity index is 930. The van der Waals surface area contributed by atoms with Crippen molar-refractivity contribution in [2.75, 3.05) is 55.0 Å². The number of morpholine rings is 1. The minimum Gasteiger partial charge on any atom is -0.396 e. The van der Waals surface area contributed by atoms with Crippen LogP contribution in [-0.2, 0) is 4.74 Å². The number of nitrogens with zero attached hydrogens (tertiary/aromatic N) is 4. The second-order valence-corrected chi connectivity index (χ2v) is 6.98. The molecule has 3 heterocycles. The van der Waals surface area contributed by atoms with Gasteiger partial charge in [0.1, 0.15) is 5.82 Å². The minimum absolute atomic E-state index is 0.121. The van der Waals surface area contributed by atoms with Gasteiger partial charge in [-0.3, -0.25) is 4.98 Å². The first-order valence-corrected chi connectivity index (χ1v) is 10.2. The molecule has 0 saturated carbocycles. The summed E-state index contributed by atoms with van der Waals surface area (Å²) in [5, 5.41) is 15.6. The Morgan fingerprint density at radius 2 is 1.90 bits per heavy atom. The fourth-order valence-electron chi connectivity index (χ4n) is 3.26. The van der Waals surface area contributed by atoms with Crippen molar-refractivity contribution in [3.63, 3.8) is 0 Å². The number of anilines is 4. The number of hydrogen-bond acceptors (Lipinski definition) is 8. The Morgan fingerprint density at radius 1 is 1.07 bits per heavy atom. The van der Waals surface area contributed by atoms with E-state index < -0.39 is 0 Å². The van der Waals surface area contributed by atoms with Crippen LogP contribution >= 0.6 is 0 Å². The maximum Gasteiger partial charge on any atom is 0.225 e. The molecule has 1 aromatic carbocycles. The van der Waals surface area contributed by atoms with E-state index in [1.165, 1.54) is 5.69 Å². The monoisotopic (exact) mass is 406 g/mol. The average molecular weight is 406 g/mol. The standard InChI is InChI=1S/C22H26N6O2/c29-12-2-9-24-22-26-20(17-3-1-8-23-16-17)15-21(27-22)25-18-4-6-19(7-5-18)28-10-13-30-14-11-28/h1,3-8,15-16,29H,2,9-14H2,(H2,24,25,26,27). The van der Waals surface area contributed by atoms with Gasteiger partial charge in [-0.15, -0.1) is 0 Å². The molecule has 1 aliphatic heterocycles. The van der Waals surface area contributed by atoms with Gasteiger partial charge in [0.2, 0.25) is 5.95 Å². The molecule has 2 aromatic heterocycles. The third-order valence-electron chi connectivity index (χ3n) is 4.82. The molecule has 4 rings (SSSR count). The maximum atomic E-state index is 9.03. The van der Waals surface area contributed by atoms with Gasteiger partial charge in [-0.1, -0.05) is 0 Å². The number of hydrogen-bond donors (Lipinski definition) is 3. The zero-order valence-electron chi connectivity index (χ0n) is 16.8. The van der Waals surface area contributed by atoms with Crippen LogP contribution in [0.1, 0.15) is 6.42 Å². The molecule has 30 heavy (non-hydrogen) atoms. The van der Waals surface area contributed by atoms with Crippen molar-refractivity contribution in [1.29, 1.82) is 0 Å². The zero-order chi connectivity index (χ0) is 20.6. The number of aromatic nitrogens is 3. The second kappa shape index (κ2) is 10.00. The van der Waals surface area contributed by atoms with Gasteiger partial charge in [-0.25, -0.2) is 4.98 Å². The Balaban J connectivity index is 1.54. The summed E-state index contributed by atoms with van der Waals surface area (Å²) in [5.41, 5.74) is 3.82. The van der Waals surface area contributed by atoms with E-state index in [9.17, 15) is 0 Å². The average Bonchev–Trinajstić information content (AvgIpc) is 2.81. The third kappa shape index (κ3) is 5.22. The van der Waals surface area contributed by atoms with E-state index in [4.69, 9.17) is 9.84 Å². The number of pyridine rings is 1. The molecule has 0 radical (unpaired) electrons. The normalized spacial score (nSPS) is 13.8. The van der Waals surface area contributed by atoms with E-state index in [1.54, 1.807) is 12.4 Å². The van der Waals surface area contributed by atoms with Crippen LogP contribution in [0.2, 0.25) is 0 Å². The molecule has 1 saturated heterocycles. The van der Waals surface area contributed by atoms with E-state index in [0.717, 1.165) is 43.2 Å². The third-order valence-corrected chi connectivity index (χ3v) is 4.82. The molecule has 3 N–H and O–H groups in total. The second-order valence-electron chi connectivity index (χ2n) is 6.98. The molecule has 156 valence electrons. The van der Waals surface area contributed by atoms with Gasteiger partial charge in [0, 0.05) is 61.6 Å². The predicted octanol–water partition coefficient (Wildman–Crippen LogP) is 2.91. The molecule has 1 fully saturated rings. The Kier molecular flexibility index (Phi) is 6.68. The number of ether oxygens (including phenoxy) is 1. The minimum atomic E-state index is 0.121. The lowest BCUT2D eigenvalue weighted by Crippen LogP contribution is -2.36. The Morgan fingerprint density at radius 3 is 2.63 bits per heavy atom. The Labute approximate surface area is 176 Å². The van der Waals surface area contributed by atoms with Gasteiger partial charge < -0.3 is 25.4 Å². The van der Waals surface area contributed by atoms with Gasteiger partial charge in [-0.05, 0) is 42.8 Å². The van der Waals surface area contributed by atoms with E-state index in [1.807, 2.05) is 18.2 Å². The van der Waals surface area contributed by atoms with Crippen LogP contribution in [0.5, 0.6) is 0 Å². The molecule has 0 atom stereocenters. The van der Waals surface area contributed by atoms with Crippen LogP contribution < -0.4 is 15.5 Å². The SMILES string of the molecule is OCCCNc1nc(Nc2ccc(N3CCOCC3)cc2)cc(-c2cccnc2)n1. The fraction of sp³-hybridized carbons (Fsp3) is 0.318. The quantitative estimate of drug-likeness (QED) is 0.492. The van der Waals surface area contributed by atoms with Crippen LogP contribution in [0.25, 0.3) is 11.3 Å². The molecule has 0 unspecified atom stereocenters. The van der Waals surface area contributed by atoms with Crippen LogP contribution in [-0.4, -0.2) is 59.5 Å². The lowest BCUT2D eigenvalue weighted by Gasteiger charge is -2.28. The first-order chi connectivity index (χ1) is 14.8. The molecule has 0 spiro atoms. The number of benzene rings is 1. The largest absolute Gasteiger partial charge is 0.396 e. The Hall–Kier alpha value is -3.23. The molecular formula is C22H26N6O2. The van der Waals surface area contributed by atoms with Crippen molar-refractivity contribution >= 4 is 23.1 Å². The van der Waals surface area contributed by atoms with Crippen molar-refractivity contribution in [3.8, 4) is 11.3 Å². The van der Waals surface area contributed by atoms with Gasteiger partial charge in [0.25, 0.3) is 0 Å². The summed E-state index contributed by atoms with van der Waals surface area (Å²) in [6.07, 6.45) is 4.15. The summed E-state index contributed by atoms with van der Waals surface area (Å²) in [6.45, 7) is 4.08. The van der Waals surface area contributed by atoms with Crippen molar-refractivity contribution in [2.45, 2.75) is 6.42 Å². The molecule has 0 bridgehead atoms. The summed E-state index contributed by atoms with van der Waals surface area (Å²) in [6, 6.07) is 14.1. The van der Waals surface area contributed by atoms with E-state index >= 15 is 0 Å². The predicted molar refractivity (Wildman–Crippen MR) is 118 cm³/mol. The number of nitrogens with one attached hydrogen (secondary N) is 2. The molecule has 3 aromatic rings. The summed E-state index contributed by atoms with van der Waals surface area (Å²) in [7, 11) is 0. The molecule has 1 aliphatic rings. The lowest BCUT2D eigenvalue weighted by atomic mass is 10.2. The van der Waals surface area contributed by atoms with Crippen molar-refractivity contribution in [2.24, 2.45) is 0 Å². The van der Waals surface area contributed by atoms with Gasteiger partial charge >= 0.3 is 0 Å². The summed E-state index contributed by atoms with van der Waals surface area (Å²) in [4.78, 5) is 15.7. The highest BCUT2D eigenvalue weighted by atomic mass is 16.5. The van der Waals surface area contributed by atoms with Crippen molar-refractivity contribution < 1.29 is 9.84 Å². The van der Waals surface area contributed by atoms with Gasteiger partial charge in [0.05, 0.1) is 18.9 Å². The van der Waals surface area contributed by atoms with Crippen molar-refractivity contribution in [1.82, 2.24) is 15.0 Å². The maximum absolute atomic E-state index is 9.03. The van der Waals surface area contributed by atoms with Crippen LogP contribution in [0, 0.1) is 0 Å². The number of rotatable bonds is 8. The van der Waals surface area contributed by atoms with E-state index in [0.29, 0.717) is 24.7 Å². The van der Waals surface area contributed by atoms with Crippen LogP contribution in [0.3, 0.4) is 0 Å². The highest BCUT2D eigenvalue weighted by Gasteiger charge is 2.11. The van der Waals surface area contributed by atoms with Gasteiger partial charge in [0.15, 0.2) is 0 Å². The first-order valence-electron chi connectivity index (χ1n) is 10.2. The topological polar surface area (TPSA) is 95.4 Å². The van der Waals surface area contributed by atoms with Crippen LogP contribution in [0.15, 0.2) is 54.9 Å². The lowest BCUT2D eigenvalue weighted by molar-refractivity contribution is 0.122. The molecule has 8 nitrogen and oxygen atoms in total. The number of aliphatic hydroxyl groups is 1. The van der Waals surface area contributed by atoms with E-state index in [2.05, 4.69) is 54.8 Å². The molecule has 0 amide bonds. The van der Waals surface area contributed by atoms with E-state index in [-0.39, 0.29) is 6.61 Å². The van der Waals surface area contributed by atoms with Gasteiger partial charge in [-0.2, -0.15) is 4.98 Å². The number of aliphatic hydroxyl groups excluding tert-OH is 1. The molecule has 8 heteroatoms. The van der Waals surface area contributed by atoms with Crippen molar-refractivity contribution in [3.05, 3.63) is 54.9 Å².